The molecule has 0 bridgehead atoms. The van der Waals surface area contributed by atoms with Crippen LogP contribution < -0.4 is 26.0 Å². The number of carboxylic acids is 1. The van der Waals surface area contributed by atoms with E-state index in [-0.39, 0.29) is 13.2 Å². The first kappa shape index (κ1) is 33.5. The number of nitrogens with zero attached hydrogens (tertiary/aromatic N) is 3. The Morgan fingerprint density at radius 2 is 1.51 bits per heavy atom. The lowest BCUT2D eigenvalue weighted by atomic mass is 10.0. The molecule has 0 aliphatic rings. The van der Waals surface area contributed by atoms with E-state index in [0.717, 1.165) is 0 Å². The van der Waals surface area contributed by atoms with Gasteiger partial charge < -0.3 is 19.9 Å². The molecule has 0 aliphatic carbocycles. The molecule has 230 valence electrons. The van der Waals surface area contributed by atoms with Crippen molar-refractivity contribution < 1.29 is 45.7 Å². The van der Waals surface area contributed by atoms with Gasteiger partial charge in [0.15, 0.2) is 0 Å². The van der Waals surface area contributed by atoms with Gasteiger partial charge in [-0.3, -0.25) is 9.36 Å². The fourth-order valence-corrected chi connectivity index (χ4v) is 3.76. The van der Waals surface area contributed by atoms with Crippen LogP contribution in [0.25, 0.3) is 0 Å². The summed E-state index contributed by atoms with van der Waals surface area (Å²) in [4.78, 5) is 36.8. The van der Waals surface area contributed by atoms with Crippen LogP contribution in [0.4, 0.5) is 32.2 Å². The van der Waals surface area contributed by atoms with Gasteiger partial charge in [-0.25, -0.2) is 14.3 Å². The summed E-state index contributed by atoms with van der Waals surface area (Å²) in [5.74, 6) is -0.872. The summed E-state index contributed by atoms with van der Waals surface area (Å²) >= 11 is 0. The topological polar surface area (TPSA) is 125 Å². The Labute approximate surface area is 230 Å². The predicted molar refractivity (Wildman–Crippen MR) is 135 cm³/mol. The fraction of sp³-hybridized carbons (Fsp3) is 0.600. The average Bonchev–Trinajstić information content (AvgIpc) is 2.85. The van der Waals surface area contributed by atoms with Gasteiger partial charge in [0.1, 0.15) is 18.1 Å². The summed E-state index contributed by atoms with van der Waals surface area (Å²) < 4.78 is 87.6. The van der Waals surface area contributed by atoms with Gasteiger partial charge >= 0.3 is 24.0 Å². The Morgan fingerprint density at radius 3 is 2.05 bits per heavy atom. The van der Waals surface area contributed by atoms with Crippen LogP contribution in [0.15, 0.2) is 33.9 Å². The quantitative estimate of drug-likeness (QED) is 0.212. The van der Waals surface area contributed by atoms with Crippen LogP contribution in [-0.4, -0.2) is 56.5 Å². The molecule has 0 aliphatic heterocycles. The van der Waals surface area contributed by atoms with Crippen LogP contribution in [-0.2, 0) is 17.9 Å². The summed E-state index contributed by atoms with van der Waals surface area (Å²) in [6.45, 7) is 2.08. The Morgan fingerprint density at radius 1 is 0.951 bits per heavy atom. The molecule has 2 N–H and O–H groups in total. The minimum Gasteiger partial charge on any atom is -0.492 e. The minimum atomic E-state index is -4.52. The van der Waals surface area contributed by atoms with Crippen molar-refractivity contribution in [3.05, 3.63) is 45.1 Å². The highest BCUT2D eigenvalue weighted by Gasteiger charge is 2.34. The fourth-order valence-electron chi connectivity index (χ4n) is 3.76. The number of benzene rings is 1. The maximum atomic E-state index is 12.7. The van der Waals surface area contributed by atoms with E-state index in [1.807, 2.05) is 6.92 Å². The lowest BCUT2D eigenvalue weighted by Crippen LogP contribution is -2.43. The van der Waals surface area contributed by atoms with Gasteiger partial charge in [-0.05, 0) is 50.5 Å². The van der Waals surface area contributed by atoms with Crippen molar-refractivity contribution in [3.63, 3.8) is 0 Å². The van der Waals surface area contributed by atoms with Gasteiger partial charge in [-0.15, -0.1) is 5.10 Å². The predicted octanol–water partition coefficient (Wildman–Crippen LogP) is 4.60. The van der Waals surface area contributed by atoms with Gasteiger partial charge in [-0.2, -0.15) is 26.3 Å². The van der Waals surface area contributed by atoms with Crippen molar-refractivity contribution in [2.24, 2.45) is 0 Å². The Balaban J connectivity index is 2.08. The van der Waals surface area contributed by atoms with Crippen LogP contribution in [0.5, 0.6) is 11.5 Å². The molecule has 0 radical (unpaired) electrons. The molecular weight excluding hydrogens is 566 g/mol. The van der Waals surface area contributed by atoms with Crippen LogP contribution in [0, 0.1) is 0 Å². The molecule has 1 aromatic carbocycles. The highest BCUT2D eigenvalue weighted by Crippen LogP contribution is 2.25. The molecule has 10 nitrogen and oxygen atoms in total. The molecule has 2 aromatic rings. The molecule has 0 fully saturated rings. The Bertz CT molecular complexity index is 1260. The molecule has 1 unspecified atom stereocenters. The first-order valence-electron chi connectivity index (χ1n) is 12.8. The minimum absolute atomic E-state index is 0.0503. The zero-order valence-electron chi connectivity index (χ0n) is 22.5. The van der Waals surface area contributed by atoms with E-state index in [0.29, 0.717) is 33.6 Å². The van der Waals surface area contributed by atoms with E-state index in [9.17, 15) is 45.8 Å². The molecule has 16 heteroatoms. The smallest absolute Gasteiger partial charge is 0.389 e. The summed E-state index contributed by atoms with van der Waals surface area (Å²) in [5.41, 5.74) is -3.53. The number of rotatable bonds is 16. The van der Waals surface area contributed by atoms with E-state index in [4.69, 9.17) is 9.47 Å². The molecule has 1 atom stereocenters. The van der Waals surface area contributed by atoms with Gasteiger partial charge in [0.25, 0.3) is 5.56 Å². The summed E-state index contributed by atoms with van der Waals surface area (Å²) in [7, 11) is 0. The third kappa shape index (κ3) is 11.0. The van der Waals surface area contributed by atoms with E-state index < -0.39 is 79.8 Å². The second kappa shape index (κ2) is 14.3. The molecule has 1 aromatic heterocycles. The summed E-state index contributed by atoms with van der Waals surface area (Å²) in [6, 6.07) is 6.07. The van der Waals surface area contributed by atoms with Crippen molar-refractivity contribution in [2.75, 3.05) is 18.5 Å². The number of aliphatic carboxylic acids is 1. The first-order valence-corrected chi connectivity index (χ1v) is 12.8. The first-order chi connectivity index (χ1) is 19.0. The van der Waals surface area contributed by atoms with Gasteiger partial charge in [0, 0.05) is 25.9 Å². The molecular formula is C25H32F6N4O6. The van der Waals surface area contributed by atoms with Gasteiger partial charge in [-0.1, -0.05) is 13.3 Å². The number of ether oxygens (including phenoxy) is 2. The van der Waals surface area contributed by atoms with E-state index >= 15 is 0 Å². The Hall–Kier alpha value is -3.72. The number of carboxylic acid groups (broad SMARTS) is 1. The molecule has 2 rings (SSSR count). The van der Waals surface area contributed by atoms with Crippen molar-refractivity contribution in [3.8, 4) is 11.5 Å². The summed E-state index contributed by atoms with van der Waals surface area (Å²) in [6.07, 6.45) is -11.7. The number of aryl methyl sites for hydroxylation is 1. The molecule has 0 saturated heterocycles. The van der Waals surface area contributed by atoms with Crippen LogP contribution in [0.2, 0.25) is 0 Å². The van der Waals surface area contributed by atoms with Crippen molar-refractivity contribution in [1.82, 2.24) is 14.3 Å². The lowest BCUT2D eigenvalue weighted by Gasteiger charge is -2.26. The molecule has 0 amide bonds. The summed E-state index contributed by atoms with van der Waals surface area (Å²) in [5, 5.41) is 15.8. The highest BCUT2D eigenvalue weighted by atomic mass is 19.4. The maximum Gasteiger partial charge on any atom is 0.389 e. The third-order valence-electron chi connectivity index (χ3n) is 5.80. The molecule has 41 heavy (non-hydrogen) atoms. The average molecular weight is 599 g/mol. The number of hydrogen-bond donors (Lipinski definition) is 2. The van der Waals surface area contributed by atoms with E-state index in [1.54, 1.807) is 0 Å². The van der Waals surface area contributed by atoms with E-state index in [1.165, 1.54) is 31.2 Å². The van der Waals surface area contributed by atoms with Crippen molar-refractivity contribution in [1.29, 1.82) is 0 Å². The van der Waals surface area contributed by atoms with E-state index in [2.05, 4.69) is 10.4 Å². The molecule has 1 heterocycles. The lowest BCUT2D eigenvalue weighted by molar-refractivity contribution is -0.154. The van der Waals surface area contributed by atoms with Gasteiger partial charge in [0.2, 0.25) is 11.4 Å². The molecule has 0 spiro atoms. The van der Waals surface area contributed by atoms with Gasteiger partial charge in [0.05, 0.1) is 6.54 Å². The van der Waals surface area contributed by atoms with Crippen molar-refractivity contribution >= 4 is 11.8 Å². The zero-order chi connectivity index (χ0) is 30.8. The second-order valence-corrected chi connectivity index (χ2v) is 9.38. The monoisotopic (exact) mass is 598 g/mol. The van der Waals surface area contributed by atoms with Crippen LogP contribution in [0.1, 0.15) is 52.4 Å². The van der Waals surface area contributed by atoms with Crippen LogP contribution >= 0.6 is 0 Å². The third-order valence-corrected chi connectivity index (χ3v) is 5.80. The number of nitrogens with one attached hydrogen (secondary N) is 1. The van der Waals surface area contributed by atoms with Crippen molar-refractivity contribution in [2.45, 2.75) is 83.4 Å². The zero-order valence-corrected chi connectivity index (χ0v) is 22.5. The number of halogens is 6. The number of carbonyl (C=O) groups is 1. The molecule has 0 saturated carbocycles. The van der Waals surface area contributed by atoms with Crippen LogP contribution in [0.3, 0.4) is 0 Å². The largest absolute Gasteiger partial charge is 0.492 e. The Kier molecular flexibility index (Phi) is 11.6. The second-order valence-electron chi connectivity index (χ2n) is 9.38. The number of hydrogen-bond acceptors (Lipinski definition) is 7. The number of anilines is 1. The normalized spacial score (nSPS) is 13.5. The SMILES string of the molecule is CCCC(C)(Oc1ccc(OCCNc2nn(CCCC(F)(F)F)c(=O)n(CCCC(F)(F)F)c2=O)cc1)C(=O)O. The maximum absolute atomic E-state index is 12.7. The standard InChI is InChI=1S/C25H32F6N4O6/c1-3-10-23(2,21(37)38)41-18-8-6-17(7-9-18)40-16-13-32-19-20(36)34(14-4-11-24(26,27)28)22(39)35(33-19)15-5-12-25(29,30)31/h6-9H,3-5,10-16H2,1-2H3,(H,32,33)(H,37,38). The number of alkyl halides is 6. The highest BCUT2D eigenvalue weighted by molar-refractivity contribution is 5.77. The number of aromatic nitrogens is 3.